The van der Waals surface area contributed by atoms with Gasteiger partial charge in [0, 0.05) is 25.8 Å². The van der Waals surface area contributed by atoms with Crippen molar-refractivity contribution < 1.29 is 4.79 Å². The van der Waals surface area contributed by atoms with Crippen LogP contribution in [0.15, 0.2) is 11.8 Å². The van der Waals surface area contributed by atoms with E-state index in [1.165, 1.54) is 0 Å². The molecule has 0 aromatic heterocycles. The minimum Gasteiger partial charge on any atom is -0.376 e. The molecule has 19 heavy (non-hydrogen) atoms. The van der Waals surface area contributed by atoms with E-state index in [9.17, 15) is 4.79 Å². The van der Waals surface area contributed by atoms with Gasteiger partial charge >= 0.3 is 0 Å². The lowest BCUT2D eigenvalue weighted by Crippen LogP contribution is -2.30. The van der Waals surface area contributed by atoms with Crippen LogP contribution in [0.2, 0.25) is 0 Å². The smallest absolute Gasteiger partial charge is 0.263 e. The van der Waals surface area contributed by atoms with E-state index in [1.54, 1.807) is 6.20 Å². The number of hydrogen-bond donors (Lipinski definition) is 1. The van der Waals surface area contributed by atoms with Crippen molar-refractivity contribution in [1.82, 2.24) is 10.2 Å². The Morgan fingerprint density at radius 2 is 2.00 bits per heavy atom. The van der Waals surface area contributed by atoms with E-state index in [1.807, 2.05) is 19.9 Å². The molecule has 108 valence electrons. The van der Waals surface area contributed by atoms with Gasteiger partial charge < -0.3 is 10.2 Å². The first-order chi connectivity index (χ1) is 9.04. The fourth-order valence-electron chi connectivity index (χ4n) is 1.60. The van der Waals surface area contributed by atoms with E-state index >= 15 is 0 Å². The second-order valence-corrected chi connectivity index (χ2v) is 5.15. The largest absolute Gasteiger partial charge is 0.376 e. The fourth-order valence-corrected chi connectivity index (χ4v) is 1.60. The molecule has 1 N–H and O–H groups in total. The number of rotatable bonds is 9. The highest BCUT2D eigenvalue weighted by atomic mass is 16.1. The maximum atomic E-state index is 11.9. The summed E-state index contributed by atoms with van der Waals surface area (Å²) in [6, 6.07) is 2.00. The third-order valence-corrected chi connectivity index (χ3v) is 2.66. The predicted octanol–water partition coefficient (Wildman–Crippen LogP) is 2.68. The molecular weight excluding hydrogens is 238 g/mol. The SMILES string of the molecule is CCCCN(/C=C(/C#N)C(=O)NCC(C)C)CCC. The topological polar surface area (TPSA) is 56.1 Å². The lowest BCUT2D eigenvalue weighted by atomic mass is 10.2. The number of nitrogens with zero attached hydrogens (tertiary/aromatic N) is 2. The summed E-state index contributed by atoms with van der Waals surface area (Å²) in [5.41, 5.74) is 0.199. The quantitative estimate of drug-likeness (QED) is 0.515. The highest BCUT2D eigenvalue weighted by molar-refractivity contribution is 5.97. The Labute approximate surface area is 117 Å². The Balaban J connectivity index is 4.63. The van der Waals surface area contributed by atoms with Crippen LogP contribution >= 0.6 is 0 Å². The van der Waals surface area contributed by atoms with Gasteiger partial charge in [-0.05, 0) is 18.8 Å². The molecule has 0 heterocycles. The summed E-state index contributed by atoms with van der Waals surface area (Å²) < 4.78 is 0. The van der Waals surface area contributed by atoms with Crippen molar-refractivity contribution in [2.75, 3.05) is 19.6 Å². The standard InChI is InChI=1S/C15H27N3O/c1-5-7-9-18(8-6-2)12-14(10-16)15(19)17-11-13(3)4/h12-13H,5-9,11H2,1-4H3,(H,17,19)/b14-12-. The van der Waals surface area contributed by atoms with Gasteiger partial charge in [-0.15, -0.1) is 0 Å². The zero-order valence-corrected chi connectivity index (χ0v) is 12.7. The van der Waals surface area contributed by atoms with Gasteiger partial charge in [-0.1, -0.05) is 34.1 Å². The first-order valence-corrected chi connectivity index (χ1v) is 7.19. The fraction of sp³-hybridized carbons (Fsp3) is 0.733. The number of hydrogen-bond acceptors (Lipinski definition) is 3. The summed E-state index contributed by atoms with van der Waals surface area (Å²) in [7, 11) is 0. The zero-order chi connectivity index (χ0) is 14.7. The third-order valence-electron chi connectivity index (χ3n) is 2.66. The van der Waals surface area contributed by atoms with Crippen molar-refractivity contribution in [3.05, 3.63) is 11.8 Å². The van der Waals surface area contributed by atoms with Crippen LogP contribution < -0.4 is 5.32 Å². The summed E-state index contributed by atoms with van der Waals surface area (Å²) in [5, 5.41) is 11.9. The molecule has 0 spiro atoms. The first kappa shape index (κ1) is 17.5. The second-order valence-electron chi connectivity index (χ2n) is 5.15. The van der Waals surface area contributed by atoms with E-state index in [-0.39, 0.29) is 11.5 Å². The van der Waals surface area contributed by atoms with Crippen LogP contribution in [0.25, 0.3) is 0 Å². The Morgan fingerprint density at radius 3 is 2.47 bits per heavy atom. The lowest BCUT2D eigenvalue weighted by molar-refractivity contribution is -0.117. The molecule has 0 rings (SSSR count). The monoisotopic (exact) mass is 265 g/mol. The predicted molar refractivity (Wildman–Crippen MR) is 78.3 cm³/mol. The molecule has 0 fully saturated rings. The van der Waals surface area contributed by atoms with E-state index in [2.05, 4.69) is 24.1 Å². The van der Waals surface area contributed by atoms with Crippen LogP contribution in [-0.4, -0.2) is 30.4 Å². The van der Waals surface area contributed by atoms with Crippen molar-refractivity contribution in [3.63, 3.8) is 0 Å². The number of nitrogens with one attached hydrogen (secondary N) is 1. The average Bonchev–Trinajstić information content (AvgIpc) is 2.39. The van der Waals surface area contributed by atoms with Crippen molar-refractivity contribution in [2.24, 2.45) is 5.92 Å². The van der Waals surface area contributed by atoms with Gasteiger partial charge in [-0.25, -0.2) is 0 Å². The summed E-state index contributed by atoms with van der Waals surface area (Å²) in [6.07, 6.45) is 4.89. The Morgan fingerprint density at radius 1 is 1.32 bits per heavy atom. The molecule has 0 atom stereocenters. The van der Waals surface area contributed by atoms with E-state index in [0.717, 1.165) is 32.4 Å². The molecule has 0 radical (unpaired) electrons. The van der Waals surface area contributed by atoms with Crippen LogP contribution in [0.4, 0.5) is 0 Å². The number of nitriles is 1. The maximum absolute atomic E-state index is 11.9. The minimum absolute atomic E-state index is 0.199. The van der Waals surface area contributed by atoms with Gasteiger partial charge in [0.25, 0.3) is 5.91 Å². The molecule has 0 aliphatic carbocycles. The first-order valence-electron chi connectivity index (χ1n) is 7.19. The number of amides is 1. The minimum atomic E-state index is -0.270. The van der Waals surface area contributed by atoms with Crippen molar-refractivity contribution in [1.29, 1.82) is 5.26 Å². The summed E-state index contributed by atoms with van der Waals surface area (Å²) in [6.45, 7) is 10.7. The molecule has 0 aliphatic rings. The van der Waals surface area contributed by atoms with Crippen LogP contribution in [0.5, 0.6) is 0 Å². The molecule has 0 bridgehead atoms. The highest BCUT2D eigenvalue weighted by Crippen LogP contribution is 2.03. The van der Waals surface area contributed by atoms with Gasteiger partial charge in [-0.3, -0.25) is 4.79 Å². The van der Waals surface area contributed by atoms with Crippen LogP contribution in [-0.2, 0) is 4.79 Å². The molecule has 0 aromatic rings. The molecule has 4 nitrogen and oxygen atoms in total. The van der Waals surface area contributed by atoms with Gasteiger partial charge in [0.1, 0.15) is 11.6 Å². The molecular formula is C15H27N3O. The highest BCUT2D eigenvalue weighted by Gasteiger charge is 2.11. The van der Waals surface area contributed by atoms with Gasteiger partial charge in [-0.2, -0.15) is 5.26 Å². The van der Waals surface area contributed by atoms with E-state index in [4.69, 9.17) is 5.26 Å². The summed E-state index contributed by atoms with van der Waals surface area (Å²) in [4.78, 5) is 13.9. The van der Waals surface area contributed by atoms with Crippen molar-refractivity contribution >= 4 is 5.91 Å². The molecule has 0 saturated heterocycles. The average molecular weight is 265 g/mol. The Kier molecular flexibility index (Phi) is 9.60. The molecule has 0 aromatic carbocycles. The molecule has 0 aliphatic heterocycles. The van der Waals surface area contributed by atoms with Gasteiger partial charge in [0.2, 0.25) is 0 Å². The molecule has 1 amide bonds. The molecule has 0 saturated carbocycles. The number of carbonyl (C=O) groups excluding carboxylic acids is 1. The third kappa shape index (κ3) is 8.25. The van der Waals surface area contributed by atoms with Crippen LogP contribution in [0.3, 0.4) is 0 Å². The van der Waals surface area contributed by atoms with Crippen molar-refractivity contribution in [2.45, 2.75) is 47.0 Å². The van der Waals surface area contributed by atoms with Gasteiger partial charge in [0.05, 0.1) is 0 Å². The van der Waals surface area contributed by atoms with Crippen LogP contribution in [0, 0.1) is 17.2 Å². The Hall–Kier alpha value is -1.50. The summed E-state index contributed by atoms with van der Waals surface area (Å²) in [5.74, 6) is 0.115. The molecule has 4 heteroatoms. The van der Waals surface area contributed by atoms with Crippen molar-refractivity contribution in [3.8, 4) is 6.07 Å². The van der Waals surface area contributed by atoms with E-state index in [0.29, 0.717) is 12.5 Å². The second kappa shape index (κ2) is 10.4. The Bertz CT molecular complexity index is 329. The molecule has 0 unspecified atom stereocenters. The number of carbonyl (C=O) groups is 1. The van der Waals surface area contributed by atoms with E-state index < -0.39 is 0 Å². The van der Waals surface area contributed by atoms with Gasteiger partial charge in [0.15, 0.2) is 0 Å². The number of unbranched alkanes of at least 4 members (excludes halogenated alkanes) is 1. The maximum Gasteiger partial charge on any atom is 0.263 e. The lowest BCUT2D eigenvalue weighted by Gasteiger charge is -2.19. The van der Waals surface area contributed by atoms with Crippen LogP contribution in [0.1, 0.15) is 47.0 Å². The zero-order valence-electron chi connectivity index (χ0n) is 12.7. The normalized spacial score (nSPS) is 11.3. The summed E-state index contributed by atoms with van der Waals surface area (Å²) >= 11 is 0.